The molecule has 2 aromatic rings. The predicted molar refractivity (Wildman–Crippen MR) is 83.5 cm³/mol. The maximum absolute atomic E-state index is 9.65. The fraction of sp³-hybridized carbons (Fsp3) is 0.250. The van der Waals surface area contributed by atoms with Crippen LogP contribution in [0.1, 0.15) is 22.7 Å². The number of aryl methyl sites for hydroxylation is 2. The first kappa shape index (κ1) is 14.1. The summed E-state index contributed by atoms with van der Waals surface area (Å²) in [6, 6.07) is 14.1. The summed E-state index contributed by atoms with van der Waals surface area (Å²) in [7, 11) is 0. The topological polar surface area (TPSA) is 32.3 Å². The summed E-state index contributed by atoms with van der Waals surface area (Å²) >= 11 is 3.51. The standard InChI is InChI=1S/C16H18BrNO/c1-11-7-8-13(12(2)9-11)16(10-19)18-15-6-4-3-5-14(15)17/h3-9,16,18-19H,10H2,1-2H3. The minimum Gasteiger partial charge on any atom is -0.394 e. The second-order valence-electron chi connectivity index (χ2n) is 4.72. The fourth-order valence-electron chi connectivity index (χ4n) is 2.20. The first-order chi connectivity index (χ1) is 9.11. The summed E-state index contributed by atoms with van der Waals surface area (Å²) in [5.41, 5.74) is 4.54. The van der Waals surface area contributed by atoms with Crippen molar-refractivity contribution in [3.05, 3.63) is 63.6 Å². The molecule has 2 nitrogen and oxygen atoms in total. The van der Waals surface area contributed by atoms with E-state index in [-0.39, 0.29) is 12.6 Å². The van der Waals surface area contributed by atoms with Gasteiger partial charge in [-0.2, -0.15) is 0 Å². The van der Waals surface area contributed by atoms with Crippen LogP contribution in [0, 0.1) is 13.8 Å². The average molecular weight is 320 g/mol. The van der Waals surface area contributed by atoms with Crippen LogP contribution in [0.4, 0.5) is 5.69 Å². The van der Waals surface area contributed by atoms with Gasteiger partial charge in [0.2, 0.25) is 0 Å². The predicted octanol–water partition coefficient (Wildman–Crippen LogP) is 4.21. The van der Waals surface area contributed by atoms with Crippen LogP contribution >= 0.6 is 15.9 Å². The van der Waals surface area contributed by atoms with Crippen molar-refractivity contribution in [2.75, 3.05) is 11.9 Å². The third kappa shape index (κ3) is 3.37. The summed E-state index contributed by atoms with van der Waals surface area (Å²) in [6.45, 7) is 4.21. The molecule has 0 saturated heterocycles. The van der Waals surface area contributed by atoms with Crippen LogP contribution < -0.4 is 5.32 Å². The largest absolute Gasteiger partial charge is 0.394 e. The molecule has 0 bridgehead atoms. The van der Waals surface area contributed by atoms with Crippen LogP contribution in [0.3, 0.4) is 0 Å². The zero-order valence-corrected chi connectivity index (χ0v) is 12.7. The van der Waals surface area contributed by atoms with E-state index in [1.165, 1.54) is 11.1 Å². The molecular weight excluding hydrogens is 302 g/mol. The number of aliphatic hydroxyl groups is 1. The van der Waals surface area contributed by atoms with E-state index in [1.54, 1.807) is 0 Å². The lowest BCUT2D eigenvalue weighted by Gasteiger charge is -2.21. The van der Waals surface area contributed by atoms with Gasteiger partial charge in [-0.05, 0) is 53.0 Å². The van der Waals surface area contributed by atoms with Crippen LogP contribution in [-0.2, 0) is 0 Å². The van der Waals surface area contributed by atoms with Crippen LogP contribution in [0.25, 0.3) is 0 Å². The van der Waals surface area contributed by atoms with Gasteiger partial charge in [0, 0.05) is 10.2 Å². The third-order valence-corrected chi connectivity index (χ3v) is 3.88. The Morgan fingerprint density at radius 2 is 1.89 bits per heavy atom. The maximum atomic E-state index is 9.65. The van der Waals surface area contributed by atoms with Crippen molar-refractivity contribution in [2.45, 2.75) is 19.9 Å². The molecule has 19 heavy (non-hydrogen) atoms. The molecule has 2 N–H and O–H groups in total. The Labute approximate surface area is 122 Å². The van der Waals surface area contributed by atoms with E-state index in [2.05, 4.69) is 53.3 Å². The van der Waals surface area contributed by atoms with E-state index in [0.29, 0.717) is 0 Å². The monoisotopic (exact) mass is 319 g/mol. The van der Waals surface area contributed by atoms with Crippen molar-refractivity contribution in [3.8, 4) is 0 Å². The lowest BCUT2D eigenvalue weighted by molar-refractivity contribution is 0.276. The van der Waals surface area contributed by atoms with Gasteiger partial charge in [-0.25, -0.2) is 0 Å². The first-order valence-corrected chi connectivity index (χ1v) is 7.10. The highest BCUT2D eigenvalue weighted by Crippen LogP contribution is 2.27. The highest BCUT2D eigenvalue weighted by Gasteiger charge is 2.13. The van der Waals surface area contributed by atoms with Gasteiger partial charge in [-0.3, -0.25) is 0 Å². The number of rotatable bonds is 4. The molecule has 0 aliphatic rings. The Morgan fingerprint density at radius 3 is 2.53 bits per heavy atom. The molecule has 0 aliphatic carbocycles. The number of hydrogen-bond donors (Lipinski definition) is 2. The molecule has 2 rings (SSSR count). The Morgan fingerprint density at radius 1 is 1.16 bits per heavy atom. The zero-order valence-electron chi connectivity index (χ0n) is 11.2. The molecule has 1 unspecified atom stereocenters. The number of anilines is 1. The fourth-order valence-corrected chi connectivity index (χ4v) is 2.60. The second-order valence-corrected chi connectivity index (χ2v) is 5.57. The number of benzene rings is 2. The number of halogens is 1. The lowest BCUT2D eigenvalue weighted by Crippen LogP contribution is -2.16. The molecule has 0 amide bonds. The number of nitrogens with one attached hydrogen (secondary N) is 1. The van der Waals surface area contributed by atoms with Gasteiger partial charge in [0.25, 0.3) is 0 Å². The van der Waals surface area contributed by atoms with E-state index in [1.807, 2.05) is 24.3 Å². The summed E-state index contributed by atoms with van der Waals surface area (Å²) < 4.78 is 0.998. The van der Waals surface area contributed by atoms with Crippen molar-refractivity contribution in [2.24, 2.45) is 0 Å². The SMILES string of the molecule is Cc1ccc(C(CO)Nc2ccccc2Br)c(C)c1. The number of hydrogen-bond acceptors (Lipinski definition) is 2. The Hall–Kier alpha value is -1.32. The van der Waals surface area contributed by atoms with Crippen molar-refractivity contribution in [3.63, 3.8) is 0 Å². The van der Waals surface area contributed by atoms with E-state index in [0.717, 1.165) is 15.7 Å². The molecule has 1 atom stereocenters. The average Bonchev–Trinajstić information content (AvgIpc) is 2.39. The summed E-state index contributed by atoms with van der Waals surface area (Å²) in [4.78, 5) is 0. The Balaban J connectivity index is 2.28. The van der Waals surface area contributed by atoms with E-state index >= 15 is 0 Å². The van der Waals surface area contributed by atoms with Gasteiger partial charge in [-0.1, -0.05) is 35.9 Å². The van der Waals surface area contributed by atoms with Crippen molar-refractivity contribution in [1.29, 1.82) is 0 Å². The van der Waals surface area contributed by atoms with Gasteiger partial charge < -0.3 is 10.4 Å². The van der Waals surface area contributed by atoms with Crippen molar-refractivity contribution in [1.82, 2.24) is 0 Å². The number of aliphatic hydroxyl groups excluding tert-OH is 1. The Kier molecular flexibility index (Phi) is 4.61. The van der Waals surface area contributed by atoms with Gasteiger partial charge in [0.1, 0.15) is 0 Å². The van der Waals surface area contributed by atoms with Crippen LogP contribution in [0.2, 0.25) is 0 Å². The molecule has 0 spiro atoms. The summed E-state index contributed by atoms with van der Waals surface area (Å²) in [5.74, 6) is 0. The highest BCUT2D eigenvalue weighted by atomic mass is 79.9. The normalized spacial score (nSPS) is 12.2. The maximum Gasteiger partial charge on any atom is 0.0747 e. The lowest BCUT2D eigenvalue weighted by atomic mass is 9.99. The van der Waals surface area contributed by atoms with Gasteiger partial charge in [0.15, 0.2) is 0 Å². The smallest absolute Gasteiger partial charge is 0.0747 e. The molecule has 0 radical (unpaired) electrons. The van der Waals surface area contributed by atoms with Gasteiger partial charge >= 0.3 is 0 Å². The quantitative estimate of drug-likeness (QED) is 0.884. The molecule has 0 aliphatic heterocycles. The third-order valence-electron chi connectivity index (χ3n) is 3.19. The minimum absolute atomic E-state index is 0.0607. The van der Waals surface area contributed by atoms with Crippen LogP contribution in [-0.4, -0.2) is 11.7 Å². The molecule has 0 saturated carbocycles. The van der Waals surface area contributed by atoms with Crippen LogP contribution in [0.15, 0.2) is 46.9 Å². The first-order valence-electron chi connectivity index (χ1n) is 6.31. The van der Waals surface area contributed by atoms with Crippen molar-refractivity contribution >= 4 is 21.6 Å². The summed E-state index contributed by atoms with van der Waals surface area (Å²) in [6.07, 6.45) is 0. The summed E-state index contributed by atoms with van der Waals surface area (Å²) in [5, 5.41) is 13.0. The second kappa shape index (κ2) is 6.22. The Bertz CT molecular complexity index is 568. The number of para-hydroxylation sites is 1. The molecule has 0 heterocycles. The van der Waals surface area contributed by atoms with Gasteiger partial charge in [-0.15, -0.1) is 0 Å². The molecule has 0 aromatic heterocycles. The zero-order chi connectivity index (χ0) is 13.8. The van der Waals surface area contributed by atoms with E-state index < -0.39 is 0 Å². The molecule has 3 heteroatoms. The van der Waals surface area contributed by atoms with Crippen LogP contribution in [0.5, 0.6) is 0 Å². The molecule has 100 valence electrons. The molecule has 2 aromatic carbocycles. The highest BCUT2D eigenvalue weighted by molar-refractivity contribution is 9.10. The van der Waals surface area contributed by atoms with Gasteiger partial charge in [0.05, 0.1) is 12.6 Å². The minimum atomic E-state index is -0.0979. The van der Waals surface area contributed by atoms with E-state index in [4.69, 9.17) is 0 Å². The van der Waals surface area contributed by atoms with E-state index in [9.17, 15) is 5.11 Å². The van der Waals surface area contributed by atoms with Crippen molar-refractivity contribution < 1.29 is 5.11 Å². The molecular formula is C16H18BrNO. The molecule has 0 fully saturated rings.